The lowest BCUT2D eigenvalue weighted by molar-refractivity contribution is -0.119. The van der Waals surface area contributed by atoms with Crippen LogP contribution in [0.2, 0.25) is 5.02 Å². The molecule has 0 spiro atoms. The maximum atomic E-state index is 13.3. The molecule has 0 aromatic heterocycles. The maximum Gasteiger partial charge on any atom is 0.264 e. The Labute approximate surface area is 182 Å². The predicted molar refractivity (Wildman–Crippen MR) is 120 cm³/mol. The molecular formula is C23H23ClN2O3S. The molecule has 1 amide bonds. The van der Waals surface area contributed by atoms with Gasteiger partial charge in [0.15, 0.2) is 0 Å². The molecule has 0 fully saturated rings. The number of carbonyl (C=O) groups is 1. The van der Waals surface area contributed by atoms with Crippen molar-refractivity contribution in [1.82, 2.24) is 5.32 Å². The Hall–Kier alpha value is -2.83. The van der Waals surface area contributed by atoms with Crippen molar-refractivity contribution in [1.29, 1.82) is 0 Å². The molecule has 156 valence electrons. The molecule has 0 aliphatic rings. The van der Waals surface area contributed by atoms with Gasteiger partial charge in [-0.3, -0.25) is 9.10 Å². The van der Waals surface area contributed by atoms with E-state index in [2.05, 4.69) is 5.32 Å². The maximum absolute atomic E-state index is 13.3. The summed E-state index contributed by atoms with van der Waals surface area (Å²) in [6.45, 7) is 3.79. The molecule has 3 aromatic rings. The van der Waals surface area contributed by atoms with E-state index in [9.17, 15) is 13.2 Å². The van der Waals surface area contributed by atoms with Crippen molar-refractivity contribution in [2.24, 2.45) is 0 Å². The lowest BCUT2D eigenvalue weighted by Crippen LogP contribution is -2.41. The van der Waals surface area contributed by atoms with Gasteiger partial charge in [-0.05, 0) is 55.3 Å². The van der Waals surface area contributed by atoms with Crippen molar-refractivity contribution in [3.8, 4) is 0 Å². The Bertz CT molecular complexity index is 1130. The Morgan fingerprint density at radius 3 is 2.20 bits per heavy atom. The van der Waals surface area contributed by atoms with E-state index < -0.39 is 15.9 Å². The number of rotatable bonds is 7. The fraction of sp³-hybridized carbons (Fsp3) is 0.174. The van der Waals surface area contributed by atoms with Gasteiger partial charge in [0.05, 0.1) is 10.6 Å². The van der Waals surface area contributed by atoms with E-state index in [1.807, 2.05) is 50.2 Å². The second-order valence-corrected chi connectivity index (χ2v) is 9.31. The van der Waals surface area contributed by atoms with Gasteiger partial charge in [0.1, 0.15) is 6.54 Å². The molecule has 0 saturated heterocycles. The molecular weight excluding hydrogens is 420 g/mol. The first-order valence-corrected chi connectivity index (χ1v) is 11.3. The highest BCUT2D eigenvalue weighted by Crippen LogP contribution is 2.27. The summed E-state index contributed by atoms with van der Waals surface area (Å²) >= 11 is 5.90. The SMILES string of the molecule is Cc1ccc(CNC(=O)CN(c2ccccc2C)S(=O)(=O)c2ccc(Cl)cc2)cc1. The quantitative estimate of drug-likeness (QED) is 0.587. The highest BCUT2D eigenvalue weighted by Gasteiger charge is 2.28. The minimum absolute atomic E-state index is 0.0708. The van der Waals surface area contributed by atoms with Crippen LogP contribution in [0.1, 0.15) is 16.7 Å². The molecule has 0 heterocycles. The number of para-hydroxylation sites is 1. The topological polar surface area (TPSA) is 66.5 Å². The standard InChI is InChI=1S/C23H23ClN2O3S/c1-17-7-9-19(10-8-17)15-25-23(27)16-26(22-6-4-3-5-18(22)2)30(28,29)21-13-11-20(24)12-14-21/h3-14H,15-16H2,1-2H3,(H,25,27). The van der Waals surface area contributed by atoms with Crippen LogP contribution in [0.4, 0.5) is 5.69 Å². The van der Waals surface area contributed by atoms with Crippen LogP contribution in [0.25, 0.3) is 0 Å². The Morgan fingerprint density at radius 2 is 1.57 bits per heavy atom. The molecule has 30 heavy (non-hydrogen) atoms. The zero-order valence-electron chi connectivity index (χ0n) is 16.8. The van der Waals surface area contributed by atoms with Gasteiger partial charge >= 0.3 is 0 Å². The van der Waals surface area contributed by atoms with Gasteiger partial charge in [-0.1, -0.05) is 59.6 Å². The molecule has 3 rings (SSSR count). The first-order chi connectivity index (χ1) is 14.3. The first-order valence-electron chi connectivity index (χ1n) is 9.43. The second-order valence-electron chi connectivity index (χ2n) is 7.01. The lowest BCUT2D eigenvalue weighted by atomic mass is 10.1. The van der Waals surface area contributed by atoms with Crippen molar-refractivity contribution in [2.45, 2.75) is 25.3 Å². The van der Waals surface area contributed by atoms with Crippen molar-refractivity contribution < 1.29 is 13.2 Å². The zero-order valence-corrected chi connectivity index (χ0v) is 18.4. The number of benzene rings is 3. The van der Waals surface area contributed by atoms with E-state index in [-0.39, 0.29) is 11.4 Å². The Kier molecular flexibility index (Phi) is 6.80. The number of nitrogens with one attached hydrogen (secondary N) is 1. The third-order valence-corrected chi connectivity index (χ3v) is 6.71. The summed E-state index contributed by atoms with van der Waals surface area (Å²) in [7, 11) is -3.96. The number of halogens is 1. The number of sulfonamides is 1. The van der Waals surface area contributed by atoms with Gasteiger partial charge in [0, 0.05) is 11.6 Å². The third-order valence-electron chi connectivity index (χ3n) is 4.68. The Balaban J connectivity index is 1.86. The molecule has 1 N–H and O–H groups in total. The lowest BCUT2D eigenvalue weighted by Gasteiger charge is -2.25. The monoisotopic (exact) mass is 442 g/mol. The predicted octanol–water partition coefficient (Wildman–Crippen LogP) is 4.47. The van der Waals surface area contributed by atoms with Crippen LogP contribution in [-0.2, 0) is 21.4 Å². The molecule has 5 nitrogen and oxygen atoms in total. The molecule has 0 saturated carbocycles. The summed E-state index contributed by atoms with van der Waals surface area (Å²) in [6.07, 6.45) is 0. The number of amides is 1. The molecule has 0 aliphatic heterocycles. The first kappa shape index (κ1) is 21.9. The highest BCUT2D eigenvalue weighted by molar-refractivity contribution is 7.92. The van der Waals surface area contributed by atoms with Crippen LogP contribution in [-0.4, -0.2) is 20.9 Å². The molecule has 7 heteroatoms. The molecule has 0 unspecified atom stereocenters. The minimum atomic E-state index is -3.96. The highest BCUT2D eigenvalue weighted by atomic mass is 35.5. The molecule has 0 aliphatic carbocycles. The third kappa shape index (κ3) is 5.20. The molecule has 0 bridgehead atoms. The van der Waals surface area contributed by atoms with Gasteiger partial charge in [-0.25, -0.2) is 8.42 Å². The summed E-state index contributed by atoms with van der Waals surface area (Å²) in [5.74, 6) is -0.392. The van der Waals surface area contributed by atoms with Crippen LogP contribution < -0.4 is 9.62 Å². The molecule has 0 radical (unpaired) electrons. The summed E-state index contributed by atoms with van der Waals surface area (Å²) in [5, 5.41) is 3.24. The average molecular weight is 443 g/mol. The Morgan fingerprint density at radius 1 is 0.933 bits per heavy atom. The zero-order chi connectivity index (χ0) is 21.7. The van der Waals surface area contributed by atoms with Crippen LogP contribution in [0.3, 0.4) is 0 Å². The summed E-state index contributed by atoms with van der Waals surface area (Å²) in [6, 6.07) is 20.8. The summed E-state index contributed by atoms with van der Waals surface area (Å²) in [5.41, 5.74) is 3.28. The smallest absolute Gasteiger partial charge is 0.264 e. The number of anilines is 1. The average Bonchev–Trinajstić information content (AvgIpc) is 2.72. The second kappa shape index (κ2) is 9.32. The van der Waals surface area contributed by atoms with Crippen LogP contribution in [0.15, 0.2) is 77.7 Å². The van der Waals surface area contributed by atoms with E-state index in [1.165, 1.54) is 24.3 Å². The number of carbonyl (C=O) groups excluding carboxylic acids is 1. The van der Waals surface area contributed by atoms with Crippen molar-refractivity contribution >= 4 is 33.2 Å². The number of hydrogen-bond donors (Lipinski definition) is 1. The van der Waals surface area contributed by atoms with Crippen LogP contribution in [0.5, 0.6) is 0 Å². The van der Waals surface area contributed by atoms with E-state index in [1.54, 1.807) is 12.1 Å². The van der Waals surface area contributed by atoms with Crippen molar-refractivity contribution in [3.63, 3.8) is 0 Å². The van der Waals surface area contributed by atoms with Gasteiger partial charge < -0.3 is 5.32 Å². The fourth-order valence-corrected chi connectivity index (χ4v) is 4.58. The fourth-order valence-electron chi connectivity index (χ4n) is 2.97. The molecule has 0 atom stereocenters. The number of nitrogens with zero attached hydrogens (tertiary/aromatic N) is 1. The van der Waals surface area contributed by atoms with Crippen LogP contribution >= 0.6 is 11.6 Å². The number of hydrogen-bond acceptors (Lipinski definition) is 3. The summed E-state index contributed by atoms with van der Waals surface area (Å²) < 4.78 is 27.8. The van der Waals surface area contributed by atoms with Gasteiger partial charge in [-0.2, -0.15) is 0 Å². The van der Waals surface area contributed by atoms with Gasteiger partial charge in [0.25, 0.3) is 10.0 Å². The summed E-state index contributed by atoms with van der Waals surface area (Å²) in [4.78, 5) is 12.7. The van der Waals surface area contributed by atoms with Crippen LogP contribution in [0, 0.1) is 13.8 Å². The van der Waals surface area contributed by atoms with E-state index in [0.717, 1.165) is 21.0 Å². The van der Waals surface area contributed by atoms with Crippen molar-refractivity contribution in [2.75, 3.05) is 10.8 Å². The normalized spacial score (nSPS) is 11.2. The largest absolute Gasteiger partial charge is 0.350 e. The van der Waals surface area contributed by atoms with Gasteiger partial charge in [0.2, 0.25) is 5.91 Å². The molecule has 3 aromatic carbocycles. The number of aryl methyl sites for hydroxylation is 2. The minimum Gasteiger partial charge on any atom is -0.350 e. The van der Waals surface area contributed by atoms with E-state index >= 15 is 0 Å². The van der Waals surface area contributed by atoms with Gasteiger partial charge in [-0.15, -0.1) is 0 Å². The van der Waals surface area contributed by atoms with E-state index in [0.29, 0.717) is 17.3 Å². The van der Waals surface area contributed by atoms with E-state index in [4.69, 9.17) is 11.6 Å². The van der Waals surface area contributed by atoms with Crippen molar-refractivity contribution in [3.05, 3.63) is 94.5 Å².